The summed E-state index contributed by atoms with van der Waals surface area (Å²) < 4.78 is 108. The molecule has 8 nitrogen and oxygen atoms in total. The van der Waals surface area contributed by atoms with Crippen LogP contribution in [0.5, 0.6) is 11.5 Å². The minimum absolute atomic E-state index is 0.0189. The highest BCUT2D eigenvalue weighted by Crippen LogP contribution is 2.42. The van der Waals surface area contributed by atoms with Crippen LogP contribution in [0.25, 0.3) is 39.4 Å². The second-order valence-electron chi connectivity index (χ2n) is 9.73. The summed E-state index contributed by atoms with van der Waals surface area (Å²) in [5.74, 6) is 0.181. The molecule has 0 unspecified atom stereocenters. The van der Waals surface area contributed by atoms with E-state index in [0.717, 1.165) is 12.5 Å². The predicted octanol–water partition coefficient (Wildman–Crippen LogP) is 7.51. The van der Waals surface area contributed by atoms with E-state index in [9.17, 15) is 30.4 Å². The van der Waals surface area contributed by atoms with E-state index in [1.807, 2.05) is 0 Å². The largest absolute Gasteiger partial charge is 0.493 e. The first-order valence-electron chi connectivity index (χ1n) is 12.8. The number of sulfone groups is 1. The van der Waals surface area contributed by atoms with E-state index >= 15 is 0 Å². The molecule has 2 heterocycles. The Bertz CT molecular complexity index is 1970. The first kappa shape index (κ1) is 30.7. The molecule has 44 heavy (non-hydrogen) atoms. The van der Waals surface area contributed by atoms with Crippen LogP contribution in [0.3, 0.4) is 0 Å². The smallest absolute Gasteiger partial charge is 0.434 e. The summed E-state index contributed by atoms with van der Waals surface area (Å²) >= 11 is 0. The molecule has 0 atom stereocenters. The van der Waals surface area contributed by atoms with Crippen LogP contribution in [0, 0.1) is 13.8 Å². The van der Waals surface area contributed by atoms with Crippen molar-refractivity contribution >= 4 is 9.84 Å². The molecule has 0 aliphatic heterocycles. The average Bonchev–Trinajstić information content (AvgIpc) is 3.55. The molecule has 14 heteroatoms. The SMILES string of the molecule is COc1cc(-c2oc(C)nc2-c2cc(-c3cccc(S(C)(=O)=O)c3)ccc2-n2cc(C(F)(F)F)nc2C)ccc1OC(F)F. The lowest BCUT2D eigenvalue weighted by Crippen LogP contribution is -2.05. The van der Waals surface area contributed by atoms with Crippen molar-refractivity contribution in [2.24, 2.45) is 0 Å². The van der Waals surface area contributed by atoms with E-state index in [1.54, 1.807) is 37.3 Å². The number of aromatic nitrogens is 3. The highest BCUT2D eigenvalue weighted by molar-refractivity contribution is 7.90. The number of aryl methyl sites for hydroxylation is 2. The van der Waals surface area contributed by atoms with Gasteiger partial charge in [0.15, 0.2) is 38.7 Å². The van der Waals surface area contributed by atoms with E-state index in [-0.39, 0.29) is 45.3 Å². The Kier molecular flexibility index (Phi) is 7.97. The van der Waals surface area contributed by atoms with E-state index in [2.05, 4.69) is 14.7 Å². The third-order valence-electron chi connectivity index (χ3n) is 6.66. The van der Waals surface area contributed by atoms with Crippen molar-refractivity contribution in [1.29, 1.82) is 0 Å². The molecule has 0 N–H and O–H groups in total. The molecule has 5 aromatic rings. The van der Waals surface area contributed by atoms with Crippen molar-refractivity contribution in [3.05, 3.63) is 84.3 Å². The molecule has 3 aromatic carbocycles. The first-order valence-corrected chi connectivity index (χ1v) is 14.7. The second kappa shape index (κ2) is 11.4. The van der Waals surface area contributed by atoms with Crippen LogP contribution in [-0.2, 0) is 16.0 Å². The number of oxazole rings is 1. The van der Waals surface area contributed by atoms with Gasteiger partial charge in [0, 0.05) is 30.5 Å². The van der Waals surface area contributed by atoms with Gasteiger partial charge >= 0.3 is 12.8 Å². The van der Waals surface area contributed by atoms with Crippen molar-refractivity contribution in [2.45, 2.75) is 31.5 Å². The number of halogens is 5. The molecule has 0 amide bonds. The Hall–Kier alpha value is -4.72. The van der Waals surface area contributed by atoms with Gasteiger partial charge in [-0.05, 0) is 60.5 Å². The minimum Gasteiger partial charge on any atom is -0.493 e. The summed E-state index contributed by atoms with van der Waals surface area (Å²) in [6.07, 6.45) is -2.75. The second-order valence-corrected chi connectivity index (χ2v) is 11.7. The van der Waals surface area contributed by atoms with Crippen LogP contribution < -0.4 is 9.47 Å². The monoisotopic (exact) mass is 633 g/mol. The number of hydrogen-bond acceptors (Lipinski definition) is 7. The molecule has 5 rings (SSSR count). The summed E-state index contributed by atoms with van der Waals surface area (Å²) in [5.41, 5.74) is 1.12. The fourth-order valence-corrected chi connectivity index (χ4v) is 5.35. The van der Waals surface area contributed by atoms with Gasteiger partial charge in [-0.15, -0.1) is 0 Å². The topological polar surface area (TPSA) is 96.5 Å². The van der Waals surface area contributed by atoms with Gasteiger partial charge in [0.25, 0.3) is 0 Å². The number of alkyl halides is 5. The van der Waals surface area contributed by atoms with Gasteiger partial charge in [-0.1, -0.05) is 18.2 Å². The minimum atomic E-state index is -4.70. The number of nitrogens with zero attached hydrogens (tertiary/aromatic N) is 3. The van der Waals surface area contributed by atoms with Crippen LogP contribution in [0.2, 0.25) is 0 Å². The van der Waals surface area contributed by atoms with Crippen molar-refractivity contribution in [2.75, 3.05) is 13.4 Å². The summed E-state index contributed by atoms with van der Waals surface area (Å²) in [6, 6.07) is 15.2. The number of benzene rings is 3. The van der Waals surface area contributed by atoms with Crippen molar-refractivity contribution in [3.63, 3.8) is 0 Å². The lowest BCUT2D eigenvalue weighted by atomic mass is 9.98. The fourth-order valence-electron chi connectivity index (χ4n) is 4.68. The number of imidazole rings is 1. The van der Waals surface area contributed by atoms with Crippen LogP contribution in [0.15, 0.2) is 76.2 Å². The molecule has 0 aliphatic carbocycles. The number of methoxy groups -OCH3 is 1. The average molecular weight is 634 g/mol. The van der Waals surface area contributed by atoms with E-state index in [4.69, 9.17) is 9.15 Å². The predicted molar refractivity (Wildman–Crippen MR) is 151 cm³/mol. The zero-order valence-corrected chi connectivity index (χ0v) is 24.4. The highest BCUT2D eigenvalue weighted by Gasteiger charge is 2.35. The Morgan fingerprint density at radius 3 is 2.25 bits per heavy atom. The molecule has 2 aromatic heterocycles. The zero-order valence-electron chi connectivity index (χ0n) is 23.6. The normalized spacial score (nSPS) is 12.1. The number of ether oxygens (including phenoxy) is 2. The lowest BCUT2D eigenvalue weighted by Gasteiger charge is -2.15. The quantitative estimate of drug-likeness (QED) is 0.163. The molecular formula is C30H24F5N3O5S. The third-order valence-corrected chi connectivity index (χ3v) is 7.77. The molecule has 230 valence electrons. The van der Waals surface area contributed by atoms with Gasteiger partial charge in [0.05, 0.1) is 17.7 Å². The van der Waals surface area contributed by atoms with Gasteiger partial charge < -0.3 is 18.5 Å². The molecule has 0 saturated heterocycles. The van der Waals surface area contributed by atoms with Crippen molar-refractivity contribution < 1.29 is 44.3 Å². The van der Waals surface area contributed by atoms with E-state index in [0.29, 0.717) is 22.3 Å². The summed E-state index contributed by atoms with van der Waals surface area (Å²) in [4.78, 5) is 8.31. The van der Waals surface area contributed by atoms with Crippen LogP contribution >= 0.6 is 0 Å². The number of hydrogen-bond donors (Lipinski definition) is 0. The Balaban J connectivity index is 1.76. The van der Waals surface area contributed by atoms with Gasteiger partial charge in [0.2, 0.25) is 0 Å². The first-order chi connectivity index (χ1) is 20.7. The number of rotatable bonds is 8. The van der Waals surface area contributed by atoms with Gasteiger partial charge in [-0.2, -0.15) is 22.0 Å². The van der Waals surface area contributed by atoms with Crippen LogP contribution in [0.4, 0.5) is 22.0 Å². The summed E-state index contributed by atoms with van der Waals surface area (Å²) in [7, 11) is -2.26. The Labute approximate surface area is 248 Å². The molecule has 0 radical (unpaired) electrons. The Morgan fingerprint density at radius 1 is 0.909 bits per heavy atom. The molecule has 0 aliphatic rings. The molecular weight excluding hydrogens is 609 g/mol. The van der Waals surface area contributed by atoms with Gasteiger partial charge in [-0.3, -0.25) is 0 Å². The van der Waals surface area contributed by atoms with Crippen molar-refractivity contribution in [3.8, 4) is 50.9 Å². The molecule has 0 bridgehead atoms. The maximum atomic E-state index is 13.6. The standard InChI is InChI=1S/C30H24F5N3O5S/c1-16-36-26(30(33,34)35)15-38(16)23-10-8-19(18-6-5-7-21(12-18)44(4,39)40)13-22(23)27-28(42-17(2)37-27)20-9-11-24(43-29(31)32)25(14-20)41-3/h5-15,29H,1-4H3. The van der Waals surface area contributed by atoms with Crippen LogP contribution in [0.1, 0.15) is 17.4 Å². The van der Waals surface area contributed by atoms with E-state index < -0.39 is 28.3 Å². The lowest BCUT2D eigenvalue weighted by molar-refractivity contribution is -0.141. The fraction of sp³-hybridized carbons (Fsp3) is 0.200. The van der Waals surface area contributed by atoms with Crippen molar-refractivity contribution in [1.82, 2.24) is 14.5 Å². The molecule has 0 fully saturated rings. The summed E-state index contributed by atoms with van der Waals surface area (Å²) in [6.45, 7) is -0.101. The third kappa shape index (κ3) is 6.16. The molecule has 0 spiro atoms. The molecule has 0 saturated carbocycles. The maximum Gasteiger partial charge on any atom is 0.434 e. The maximum absolute atomic E-state index is 13.6. The summed E-state index contributed by atoms with van der Waals surface area (Å²) in [5, 5.41) is 0. The van der Waals surface area contributed by atoms with Gasteiger partial charge in [-0.25, -0.2) is 18.4 Å². The van der Waals surface area contributed by atoms with E-state index in [1.165, 1.54) is 48.9 Å². The van der Waals surface area contributed by atoms with Gasteiger partial charge in [0.1, 0.15) is 11.5 Å². The highest BCUT2D eigenvalue weighted by atomic mass is 32.2. The zero-order chi connectivity index (χ0) is 32.0. The Morgan fingerprint density at radius 2 is 1.61 bits per heavy atom. The van der Waals surface area contributed by atoms with Crippen LogP contribution in [-0.4, -0.2) is 42.9 Å².